The van der Waals surface area contributed by atoms with Crippen LogP contribution in [0.25, 0.3) is 0 Å². The van der Waals surface area contributed by atoms with Crippen molar-refractivity contribution in [3.63, 3.8) is 0 Å². The molecular formula is C22H25F2N3O2S. The monoisotopic (exact) mass is 433 g/mol. The van der Waals surface area contributed by atoms with E-state index in [0.29, 0.717) is 34.5 Å². The molecular weight excluding hydrogens is 408 g/mol. The summed E-state index contributed by atoms with van der Waals surface area (Å²) in [5.41, 5.74) is 2.80. The average Bonchev–Trinajstić information content (AvgIpc) is 2.68. The van der Waals surface area contributed by atoms with Crippen LogP contribution in [-0.4, -0.2) is 36.7 Å². The molecule has 8 heteroatoms. The standard InChI is InChI=1S/C22H25F2N3O2S/c1-14(2)25-21(29)16-7-5-10-18-15(16)8-6-12-27(18)13-20(28)26-17-9-3-4-11-19(17)30-22(23)24/h3-5,7,9-11,14,22H,6,8,12-13H2,1-2H3,(H,25,29)(H,26,28). The number of carbonyl (C=O) groups excluding carboxylic acids is 2. The number of anilines is 2. The van der Waals surface area contributed by atoms with Crippen LogP contribution in [0.3, 0.4) is 0 Å². The fraction of sp³-hybridized carbons (Fsp3) is 0.364. The van der Waals surface area contributed by atoms with Crippen LogP contribution >= 0.6 is 11.8 Å². The maximum Gasteiger partial charge on any atom is 0.288 e. The Labute approximate surface area is 179 Å². The third kappa shape index (κ3) is 5.50. The Morgan fingerprint density at radius 1 is 1.13 bits per heavy atom. The molecule has 1 aliphatic rings. The Hall–Kier alpha value is -2.61. The first kappa shape index (κ1) is 22.1. The molecule has 0 fully saturated rings. The van der Waals surface area contributed by atoms with Crippen molar-refractivity contribution in [2.24, 2.45) is 0 Å². The van der Waals surface area contributed by atoms with E-state index in [1.165, 1.54) is 0 Å². The summed E-state index contributed by atoms with van der Waals surface area (Å²) >= 11 is 0.405. The molecule has 30 heavy (non-hydrogen) atoms. The summed E-state index contributed by atoms with van der Waals surface area (Å²) in [5, 5.41) is 5.66. The van der Waals surface area contributed by atoms with Crippen molar-refractivity contribution in [1.82, 2.24) is 5.32 Å². The van der Waals surface area contributed by atoms with Gasteiger partial charge in [0.25, 0.3) is 11.7 Å². The van der Waals surface area contributed by atoms with E-state index >= 15 is 0 Å². The van der Waals surface area contributed by atoms with E-state index in [-0.39, 0.29) is 24.4 Å². The van der Waals surface area contributed by atoms with Crippen molar-refractivity contribution in [3.05, 3.63) is 53.6 Å². The largest absolute Gasteiger partial charge is 0.362 e. The van der Waals surface area contributed by atoms with Crippen LogP contribution in [0.5, 0.6) is 0 Å². The van der Waals surface area contributed by atoms with Crippen LogP contribution in [0.15, 0.2) is 47.4 Å². The zero-order valence-electron chi connectivity index (χ0n) is 17.0. The lowest BCUT2D eigenvalue weighted by atomic mass is 9.95. The minimum Gasteiger partial charge on any atom is -0.362 e. The molecule has 0 aliphatic carbocycles. The van der Waals surface area contributed by atoms with Gasteiger partial charge in [-0.25, -0.2) is 0 Å². The minimum atomic E-state index is -2.56. The fourth-order valence-electron chi connectivity index (χ4n) is 3.55. The number of halogens is 2. The highest BCUT2D eigenvalue weighted by Gasteiger charge is 2.24. The summed E-state index contributed by atoms with van der Waals surface area (Å²) in [6.07, 6.45) is 1.59. The Bertz CT molecular complexity index is 921. The lowest BCUT2D eigenvalue weighted by Crippen LogP contribution is -2.38. The summed E-state index contributed by atoms with van der Waals surface area (Å²) < 4.78 is 25.5. The van der Waals surface area contributed by atoms with Gasteiger partial charge in [-0.3, -0.25) is 9.59 Å². The van der Waals surface area contributed by atoms with Gasteiger partial charge in [0, 0.05) is 28.7 Å². The summed E-state index contributed by atoms with van der Waals surface area (Å²) in [7, 11) is 0. The summed E-state index contributed by atoms with van der Waals surface area (Å²) in [6, 6.07) is 12.1. The van der Waals surface area contributed by atoms with Gasteiger partial charge < -0.3 is 15.5 Å². The molecule has 0 radical (unpaired) electrons. The van der Waals surface area contributed by atoms with E-state index in [9.17, 15) is 18.4 Å². The van der Waals surface area contributed by atoms with Crippen molar-refractivity contribution in [2.45, 2.75) is 43.4 Å². The molecule has 160 valence electrons. The third-order valence-corrected chi connectivity index (χ3v) is 5.51. The van der Waals surface area contributed by atoms with Gasteiger partial charge in [-0.05, 0) is 56.5 Å². The van der Waals surface area contributed by atoms with Crippen LogP contribution in [0, 0.1) is 0 Å². The van der Waals surface area contributed by atoms with Gasteiger partial charge >= 0.3 is 0 Å². The van der Waals surface area contributed by atoms with Gasteiger partial charge in [0.2, 0.25) is 5.91 Å². The molecule has 5 nitrogen and oxygen atoms in total. The number of fused-ring (bicyclic) bond motifs is 1. The molecule has 1 aliphatic heterocycles. The van der Waals surface area contributed by atoms with Crippen molar-refractivity contribution >= 4 is 35.0 Å². The van der Waals surface area contributed by atoms with Crippen molar-refractivity contribution in [2.75, 3.05) is 23.3 Å². The first-order valence-corrected chi connectivity index (χ1v) is 10.7. The van der Waals surface area contributed by atoms with Gasteiger partial charge in [0.15, 0.2) is 0 Å². The minimum absolute atomic E-state index is 0.0324. The van der Waals surface area contributed by atoms with Crippen LogP contribution in [0.1, 0.15) is 36.2 Å². The van der Waals surface area contributed by atoms with E-state index in [2.05, 4.69) is 10.6 Å². The first-order chi connectivity index (χ1) is 14.3. The molecule has 0 bridgehead atoms. The number of alkyl halides is 2. The molecule has 3 rings (SSSR count). The molecule has 0 aromatic heterocycles. The zero-order chi connectivity index (χ0) is 21.7. The maximum atomic E-state index is 12.8. The fourth-order valence-corrected chi connectivity index (χ4v) is 4.14. The number of nitrogens with zero attached hydrogens (tertiary/aromatic N) is 1. The lowest BCUT2D eigenvalue weighted by molar-refractivity contribution is -0.115. The number of carbonyl (C=O) groups is 2. The number of hydrogen-bond acceptors (Lipinski definition) is 4. The van der Waals surface area contributed by atoms with Crippen LogP contribution in [0.2, 0.25) is 0 Å². The van der Waals surface area contributed by atoms with Crippen LogP contribution < -0.4 is 15.5 Å². The first-order valence-electron chi connectivity index (χ1n) is 9.86. The highest BCUT2D eigenvalue weighted by Crippen LogP contribution is 2.32. The predicted molar refractivity (Wildman–Crippen MR) is 117 cm³/mol. The third-order valence-electron chi connectivity index (χ3n) is 4.72. The normalized spacial score (nSPS) is 13.3. The number of para-hydroxylation sites is 1. The predicted octanol–water partition coefficient (Wildman–Crippen LogP) is 4.53. The van der Waals surface area contributed by atoms with Gasteiger partial charge in [0.05, 0.1) is 12.2 Å². The Morgan fingerprint density at radius 2 is 1.90 bits per heavy atom. The number of benzene rings is 2. The van der Waals surface area contributed by atoms with Gasteiger partial charge in [0.1, 0.15) is 0 Å². The number of nitrogens with one attached hydrogen (secondary N) is 2. The Morgan fingerprint density at radius 3 is 2.63 bits per heavy atom. The van der Waals surface area contributed by atoms with Gasteiger partial charge in [-0.15, -0.1) is 0 Å². The summed E-state index contributed by atoms with van der Waals surface area (Å²) in [5.74, 6) is -2.97. The average molecular weight is 434 g/mol. The van der Waals surface area contributed by atoms with E-state index in [1.54, 1.807) is 30.3 Å². The molecule has 0 atom stereocenters. The maximum absolute atomic E-state index is 12.8. The highest BCUT2D eigenvalue weighted by atomic mass is 32.2. The topological polar surface area (TPSA) is 61.4 Å². The molecule has 2 amide bonds. The Kier molecular flexibility index (Phi) is 7.31. The van der Waals surface area contributed by atoms with Crippen LogP contribution in [0.4, 0.5) is 20.2 Å². The van der Waals surface area contributed by atoms with E-state index in [1.807, 2.05) is 30.9 Å². The number of rotatable bonds is 7. The molecule has 1 heterocycles. The molecule has 0 unspecified atom stereocenters. The molecule has 2 aromatic carbocycles. The van der Waals surface area contributed by atoms with Gasteiger partial charge in [-0.2, -0.15) is 8.78 Å². The molecule has 0 spiro atoms. The van der Waals surface area contributed by atoms with Crippen LogP contribution in [-0.2, 0) is 11.2 Å². The highest BCUT2D eigenvalue weighted by molar-refractivity contribution is 7.99. The zero-order valence-corrected chi connectivity index (χ0v) is 17.8. The van der Waals surface area contributed by atoms with Crippen molar-refractivity contribution < 1.29 is 18.4 Å². The van der Waals surface area contributed by atoms with Gasteiger partial charge in [-0.1, -0.05) is 30.0 Å². The molecule has 0 saturated heterocycles. The van der Waals surface area contributed by atoms with E-state index in [4.69, 9.17) is 0 Å². The summed E-state index contributed by atoms with van der Waals surface area (Å²) in [4.78, 5) is 27.5. The SMILES string of the molecule is CC(C)NC(=O)c1cccc2c1CCCN2CC(=O)Nc1ccccc1SC(F)F. The molecule has 2 N–H and O–H groups in total. The molecule has 0 saturated carbocycles. The number of thioether (sulfide) groups is 1. The lowest BCUT2D eigenvalue weighted by Gasteiger charge is -2.32. The van der Waals surface area contributed by atoms with Crippen molar-refractivity contribution in [3.8, 4) is 0 Å². The quantitative estimate of drug-likeness (QED) is 0.630. The second kappa shape index (κ2) is 9.93. The van der Waals surface area contributed by atoms with E-state index in [0.717, 1.165) is 24.1 Å². The second-order valence-electron chi connectivity index (χ2n) is 7.38. The molecule has 2 aromatic rings. The van der Waals surface area contributed by atoms with Crippen molar-refractivity contribution in [1.29, 1.82) is 0 Å². The number of amides is 2. The van der Waals surface area contributed by atoms with E-state index < -0.39 is 5.76 Å². The second-order valence-corrected chi connectivity index (χ2v) is 8.41. The number of hydrogen-bond donors (Lipinski definition) is 2. The summed E-state index contributed by atoms with van der Waals surface area (Å²) in [6.45, 7) is 4.58. The Balaban J connectivity index is 1.75. The smallest absolute Gasteiger partial charge is 0.288 e.